The van der Waals surface area contributed by atoms with Crippen LogP contribution in [0, 0.1) is 5.92 Å². The first-order valence-corrected chi connectivity index (χ1v) is 6.15. The van der Waals surface area contributed by atoms with Crippen LogP contribution < -0.4 is 16.4 Å². The molecule has 0 aliphatic carbocycles. The predicted molar refractivity (Wildman–Crippen MR) is 68.4 cm³/mol. The highest BCUT2D eigenvalue weighted by Gasteiger charge is 2.14. The van der Waals surface area contributed by atoms with Gasteiger partial charge in [-0.2, -0.15) is 0 Å². The van der Waals surface area contributed by atoms with Crippen LogP contribution in [0.15, 0.2) is 0 Å². The molecule has 4 nitrogen and oxygen atoms in total. The van der Waals surface area contributed by atoms with Gasteiger partial charge in [0.25, 0.3) is 0 Å². The van der Waals surface area contributed by atoms with Crippen molar-refractivity contribution in [1.82, 2.24) is 10.6 Å². The second-order valence-corrected chi connectivity index (χ2v) is 5.32. The molecule has 16 heavy (non-hydrogen) atoms. The van der Waals surface area contributed by atoms with Gasteiger partial charge in [-0.25, -0.2) is 4.79 Å². The summed E-state index contributed by atoms with van der Waals surface area (Å²) in [6, 6.07) is -0.0920. The van der Waals surface area contributed by atoms with E-state index in [9.17, 15) is 4.79 Å². The number of hydrogen-bond acceptors (Lipinski definition) is 2. The highest BCUT2D eigenvalue weighted by Crippen LogP contribution is 2.08. The summed E-state index contributed by atoms with van der Waals surface area (Å²) >= 11 is 0. The van der Waals surface area contributed by atoms with Crippen LogP contribution in [0.1, 0.15) is 47.0 Å². The van der Waals surface area contributed by atoms with Gasteiger partial charge in [0.05, 0.1) is 0 Å². The fourth-order valence-electron chi connectivity index (χ4n) is 1.61. The van der Waals surface area contributed by atoms with Gasteiger partial charge in [-0.1, -0.05) is 13.3 Å². The van der Waals surface area contributed by atoms with E-state index in [4.69, 9.17) is 5.73 Å². The lowest BCUT2D eigenvalue weighted by molar-refractivity contribution is 0.229. The van der Waals surface area contributed by atoms with Crippen molar-refractivity contribution < 1.29 is 4.79 Å². The van der Waals surface area contributed by atoms with Gasteiger partial charge in [0.1, 0.15) is 0 Å². The topological polar surface area (TPSA) is 67.1 Å². The van der Waals surface area contributed by atoms with Crippen molar-refractivity contribution in [3.05, 3.63) is 0 Å². The monoisotopic (exact) mass is 229 g/mol. The molecule has 0 saturated carbocycles. The van der Waals surface area contributed by atoms with Crippen molar-refractivity contribution >= 4 is 6.03 Å². The Bertz CT molecular complexity index is 193. The second-order valence-electron chi connectivity index (χ2n) is 5.32. The van der Waals surface area contributed by atoms with Crippen LogP contribution >= 0.6 is 0 Å². The van der Waals surface area contributed by atoms with Gasteiger partial charge in [0.2, 0.25) is 0 Å². The van der Waals surface area contributed by atoms with Crippen LogP contribution in [0.4, 0.5) is 4.79 Å². The van der Waals surface area contributed by atoms with Crippen molar-refractivity contribution in [3.8, 4) is 0 Å². The molecule has 0 rings (SSSR count). The Morgan fingerprint density at radius 2 is 1.94 bits per heavy atom. The van der Waals surface area contributed by atoms with Gasteiger partial charge < -0.3 is 16.4 Å². The van der Waals surface area contributed by atoms with Gasteiger partial charge in [-0.3, -0.25) is 0 Å². The molecule has 0 spiro atoms. The van der Waals surface area contributed by atoms with Crippen LogP contribution in [0.2, 0.25) is 0 Å². The van der Waals surface area contributed by atoms with E-state index in [-0.39, 0.29) is 11.6 Å². The first-order valence-electron chi connectivity index (χ1n) is 6.15. The summed E-state index contributed by atoms with van der Waals surface area (Å²) in [5.41, 5.74) is 5.36. The lowest BCUT2D eigenvalue weighted by Gasteiger charge is -2.22. The maximum Gasteiger partial charge on any atom is 0.315 e. The van der Waals surface area contributed by atoms with Gasteiger partial charge in [-0.05, 0) is 46.1 Å². The molecule has 0 aliphatic rings. The molecule has 4 heteroatoms. The Balaban J connectivity index is 3.86. The lowest BCUT2D eigenvalue weighted by atomic mass is 10.00. The fraction of sp³-hybridized carbons (Fsp3) is 0.917. The molecule has 0 aliphatic heterocycles. The molecule has 0 aromatic rings. The van der Waals surface area contributed by atoms with E-state index in [1.165, 1.54) is 0 Å². The minimum absolute atomic E-state index is 0.0920. The van der Waals surface area contributed by atoms with E-state index < -0.39 is 0 Å². The summed E-state index contributed by atoms with van der Waals surface area (Å²) in [6.45, 7) is 9.46. The number of nitrogens with two attached hydrogens (primary N) is 1. The number of amides is 2. The molecule has 1 atom stereocenters. The second kappa shape index (κ2) is 7.49. The standard InChI is InChI=1S/C12H27N3O/c1-5-6-10(7-8-13)9-14-11(16)15-12(2,3)4/h10H,5-9,13H2,1-4H3,(H2,14,15,16). The van der Waals surface area contributed by atoms with E-state index >= 15 is 0 Å². The zero-order chi connectivity index (χ0) is 12.6. The van der Waals surface area contributed by atoms with Gasteiger partial charge >= 0.3 is 6.03 Å². The third-order valence-electron chi connectivity index (χ3n) is 2.31. The Kier molecular flexibility index (Phi) is 7.13. The summed E-state index contributed by atoms with van der Waals surface area (Å²) in [6.07, 6.45) is 3.23. The smallest absolute Gasteiger partial charge is 0.315 e. The van der Waals surface area contributed by atoms with Crippen molar-refractivity contribution in [1.29, 1.82) is 0 Å². The molecule has 0 aromatic carbocycles. The van der Waals surface area contributed by atoms with Crippen molar-refractivity contribution in [2.24, 2.45) is 11.7 Å². The molecule has 0 fully saturated rings. The Hall–Kier alpha value is -0.770. The van der Waals surface area contributed by atoms with Crippen LogP contribution in [0.5, 0.6) is 0 Å². The van der Waals surface area contributed by atoms with Crippen molar-refractivity contribution in [3.63, 3.8) is 0 Å². The van der Waals surface area contributed by atoms with E-state index in [2.05, 4.69) is 17.6 Å². The molecule has 2 amide bonds. The van der Waals surface area contributed by atoms with Crippen molar-refractivity contribution in [2.45, 2.75) is 52.5 Å². The normalized spacial score (nSPS) is 13.3. The van der Waals surface area contributed by atoms with E-state index in [0.29, 0.717) is 19.0 Å². The van der Waals surface area contributed by atoms with E-state index in [1.54, 1.807) is 0 Å². The Morgan fingerprint density at radius 1 is 1.31 bits per heavy atom. The molecule has 96 valence electrons. The average Bonchev–Trinajstić information content (AvgIpc) is 2.12. The number of carbonyl (C=O) groups is 1. The number of nitrogens with one attached hydrogen (secondary N) is 2. The van der Waals surface area contributed by atoms with E-state index in [1.807, 2.05) is 20.8 Å². The average molecular weight is 229 g/mol. The third-order valence-corrected chi connectivity index (χ3v) is 2.31. The molecule has 0 heterocycles. The Morgan fingerprint density at radius 3 is 2.38 bits per heavy atom. The van der Waals surface area contributed by atoms with Crippen molar-refractivity contribution in [2.75, 3.05) is 13.1 Å². The quantitative estimate of drug-likeness (QED) is 0.650. The van der Waals surface area contributed by atoms with Crippen LogP contribution in [0.25, 0.3) is 0 Å². The van der Waals surface area contributed by atoms with Gasteiger partial charge in [0, 0.05) is 12.1 Å². The van der Waals surface area contributed by atoms with Gasteiger partial charge in [0.15, 0.2) is 0 Å². The fourth-order valence-corrected chi connectivity index (χ4v) is 1.61. The summed E-state index contributed by atoms with van der Waals surface area (Å²) in [5, 5.41) is 5.78. The number of carbonyl (C=O) groups excluding carboxylic acids is 1. The Labute approximate surface area is 99.4 Å². The number of urea groups is 1. The highest BCUT2D eigenvalue weighted by molar-refractivity contribution is 5.74. The molecular formula is C12H27N3O. The minimum Gasteiger partial charge on any atom is -0.338 e. The maximum atomic E-state index is 11.5. The SMILES string of the molecule is CCCC(CCN)CNC(=O)NC(C)(C)C. The summed E-state index contributed by atoms with van der Waals surface area (Å²) in [5.74, 6) is 0.501. The molecule has 4 N–H and O–H groups in total. The number of hydrogen-bond donors (Lipinski definition) is 3. The molecular weight excluding hydrogens is 202 g/mol. The maximum absolute atomic E-state index is 11.5. The summed E-state index contributed by atoms with van der Waals surface area (Å²) < 4.78 is 0. The predicted octanol–water partition coefficient (Wildman–Crippen LogP) is 1.85. The molecule has 0 radical (unpaired) electrons. The lowest BCUT2D eigenvalue weighted by Crippen LogP contribution is -2.47. The van der Waals surface area contributed by atoms with Crippen LogP contribution in [-0.4, -0.2) is 24.7 Å². The zero-order valence-electron chi connectivity index (χ0n) is 11.1. The summed E-state index contributed by atoms with van der Waals surface area (Å²) in [4.78, 5) is 11.5. The third kappa shape index (κ3) is 8.53. The van der Waals surface area contributed by atoms with Crippen LogP contribution in [-0.2, 0) is 0 Å². The van der Waals surface area contributed by atoms with Crippen LogP contribution in [0.3, 0.4) is 0 Å². The summed E-state index contributed by atoms with van der Waals surface area (Å²) in [7, 11) is 0. The molecule has 0 aromatic heterocycles. The molecule has 1 unspecified atom stereocenters. The highest BCUT2D eigenvalue weighted by atomic mass is 16.2. The number of rotatable bonds is 6. The zero-order valence-corrected chi connectivity index (χ0v) is 11.1. The first kappa shape index (κ1) is 15.2. The van der Waals surface area contributed by atoms with Gasteiger partial charge in [-0.15, -0.1) is 0 Å². The first-order chi connectivity index (χ1) is 7.39. The largest absolute Gasteiger partial charge is 0.338 e. The minimum atomic E-state index is -0.182. The molecule has 0 bridgehead atoms. The van der Waals surface area contributed by atoms with E-state index in [0.717, 1.165) is 19.3 Å². The molecule has 0 saturated heterocycles.